The van der Waals surface area contributed by atoms with Crippen molar-refractivity contribution in [2.45, 2.75) is 56.5 Å². The first-order valence-electron chi connectivity index (χ1n) is 17.6. The number of halogens is 1. The van der Waals surface area contributed by atoms with E-state index in [0.29, 0.717) is 36.4 Å². The van der Waals surface area contributed by atoms with Crippen LogP contribution in [0.3, 0.4) is 0 Å². The summed E-state index contributed by atoms with van der Waals surface area (Å²) >= 11 is 6.10. The zero-order valence-corrected chi connectivity index (χ0v) is 29.2. The number of hydrogen-bond acceptors (Lipinski definition) is 6. The third kappa shape index (κ3) is 8.59. The van der Waals surface area contributed by atoms with E-state index in [1.54, 1.807) is 12.1 Å². The van der Waals surface area contributed by atoms with Crippen LogP contribution in [0.25, 0.3) is 11.1 Å². The largest absolute Gasteiger partial charge is 0.392 e. The highest BCUT2D eigenvalue weighted by molar-refractivity contribution is 6.30. The van der Waals surface area contributed by atoms with Crippen molar-refractivity contribution in [2.24, 2.45) is 0 Å². The standard InChI is InChI=1S/C43H43ClN2O5/c44-38-18-16-37(17-19-38)43(49)20-22-46(23-21-43)28-39-26-40(32-14-12-30(29-47)13-15-32)51-42(50-39)36-11-5-10-35(25-36)34-9-4-6-31(24-34)27-45-41(48)33-7-2-1-3-8-33/h1-19,24-25,39-40,42,47,49H,20-23,26-29H2,(H,45,48)/t39-,40+,42+/m0/s1. The molecular formula is C43H43ClN2O5. The molecule has 0 aromatic heterocycles. The summed E-state index contributed by atoms with van der Waals surface area (Å²) in [7, 11) is 0. The van der Waals surface area contributed by atoms with Gasteiger partial charge in [-0.1, -0.05) is 103 Å². The van der Waals surface area contributed by atoms with Gasteiger partial charge in [-0.3, -0.25) is 4.79 Å². The number of aliphatic hydroxyl groups excluding tert-OH is 1. The van der Waals surface area contributed by atoms with E-state index in [-0.39, 0.29) is 24.7 Å². The third-order valence-corrected chi connectivity index (χ3v) is 10.3. The van der Waals surface area contributed by atoms with Crippen LogP contribution in [0.4, 0.5) is 0 Å². The molecule has 2 aliphatic rings. The molecule has 7 nitrogen and oxygen atoms in total. The van der Waals surface area contributed by atoms with Crippen molar-refractivity contribution in [3.63, 3.8) is 0 Å². The summed E-state index contributed by atoms with van der Waals surface area (Å²) in [6.45, 7) is 2.63. The van der Waals surface area contributed by atoms with Gasteiger partial charge in [0.05, 0.1) is 24.4 Å². The van der Waals surface area contributed by atoms with E-state index in [1.807, 2.05) is 91.0 Å². The first-order valence-corrected chi connectivity index (χ1v) is 18.0. The number of nitrogens with one attached hydrogen (secondary N) is 1. The number of ether oxygens (including phenoxy) is 2. The predicted octanol–water partition coefficient (Wildman–Crippen LogP) is 7.96. The molecule has 5 aromatic rings. The molecule has 2 aliphatic heterocycles. The van der Waals surface area contributed by atoms with E-state index in [1.165, 1.54) is 0 Å². The molecule has 2 heterocycles. The van der Waals surface area contributed by atoms with Gasteiger partial charge in [-0.2, -0.15) is 0 Å². The average molecular weight is 703 g/mol. The van der Waals surface area contributed by atoms with Gasteiger partial charge in [0.2, 0.25) is 0 Å². The number of benzene rings is 5. The quantitative estimate of drug-likeness (QED) is 0.137. The number of piperidine rings is 1. The summed E-state index contributed by atoms with van der Waals surface area (Å²) in [6, 6.07) is 41.1. The van der Waals surface area contributed by atoms with Gasteiger partial charge in [0.1, 0.15) is 0 Å². The molecule has 3 N–H and O–H groups in total. The van der Waals surface area contributed by atoms with Crippen molar-refractivity contribution < 1.29 is 24.5 Å². The zero-order chi connectivity index (χ0) is 35.2. The molecule has 0 bridgehead atoms. The molecule has 0 spiro atoms. The van der Waals surface area contributed by atoms with Crippen molar-refractivity contribution in [1.82, 2.24) is 10.2 Å². The SMILES string of the molecule is O=C(NCc1cccc(-c2cccc([C@@H]3O[C@H](CN4CCC(O)(c5ccc(Cl)cc5)CC4)C[C@H](c4ccc(CO)cc4)O3)c2)c1)c1ccccc1. The van der Waals surface area contributed by atoms with Crippen molar-refractivity contribution >= 4 is 17.5 Å². The van der Waals surface area contributed by atoms with Crippen LogP contribution < -0.4 is 5.32 Å². The fourth-order valence-corrected chi connectivity index (χ4v) is 7.20. The van der Waals surface area contributed by atoms with Crippen LogP contribution in [-0.2, 0) is 28.2 Å². The van der Waals surface area contributed by atoms with Gasteiger partial charge in [-0.05, 0) is 82.6 Å². The molecule has 1 amide bonds. The molecule has 0 saturated carbocycles. The lowest BCUT2D eigenvalue weighted by molar-refractivity contribution is -0.253. The third-order valence-electron chi connectivity index (χ3n) is 10.0. The highest BCUT2D eigenvalue weighted by Crippen LogP contribution is 2.40. The first kappa shape index (κ1) is 35.1. The van der Waals surface area contributed by atoms with Gasteiger partial charge in [-0.15, -0.1) is 0 Å². The Bertz CT molecular complexity index is 1910. The molecule has 7 rings (SSSR count). The van der Waals surface area contributed by atoms with Crippen LogP contribution in [0.15, 0.2) is 127 Å². The van der Waals surface area contributed by atoms with E-state index < -0.39 is 11.9 Å². The molecule has 8 heteroatoms. The second-order valence-electron chi connectivity index (χ2n) is 13.6. The number of carbonyl (C=O) groups is 1. The summed E-state index contributed by atoms with van der Waals surface area (Å²) in [5.74, 6) is -0.105. The lowest BCUT2D eigenvalue weighted by Gasteiger charge is -2.42. The van der Waals surface area contributed by atoms with Crippen LogP contribution in [-0.4, -0.2) is 46.8 Å². The second kappa shape index (κ2) is 15.9. The molecule has 5 aromatic carbocycles. The van der Waals surface area contributed by atoms with Crippen LogP contribution in [0, 0.1) is 0 Å². The fraction of sp³-hybridized carbons (Fsp3) is 0.279. The smallest absolute Gasteiger partial charge is 0.251 e. The van der Waals surface area contributed by atoms with Crippen molar-refractivity contribution in [3.8, 4) is 11.1 Å². The minimum Gasteiger partial charge on any atom is -0.392 e. The van der Waals surface area contributed by atoms with E-state index in [4.69, 9.17) is 21.1 Å². The normalized spacial score (nSPS) is 20.5. The molecule has 51 heavy (non-hydrogen) atoms. The molecule has 3 atom stereocenters. The van der Waals surface area contributed by atoms with E-state index in [9.17, 15) is 15.0 Å². The number of amides is 1. The Morgan fingerprint density at radius 1 is 0.784 bits per heavy atom. The van der Waals surface area contributed by atoms with Gasteiger partial charge in [0.15, 0.2) is 6.29 Å². The van der Waals surface area contributed by atoms with Crippen molar-refractivity contribution in [1.29, 1.82) is 0 Å². The summed E-state index contributed by atoms with van der Waals surface area (Å²) in [5.41, 5.74) is 6.56. The Hall–Kier alpha value is -4.34. The van der Waals surface area contributed by atoms with Gasteiger partial charge in [-0.25, -0.2) is 0 Å². The number of nitrogens with zero attached hydrogens (tertiary/aromatic N) is 1. The van der Waals surface area contributed by atoms with Crippen LogP contribution >= 0.6 is 11.6 Å². The maximum atomic E-state index is 12.6. The number of hydrogen-bond donors (Lipinski definition) is 3. The Balaban J connectivity index is 1.06. The van der Waals surface area contributed by atoms with Crippen LogP contribution in [0.1, 0.15) is 69.8 Å². The second-order valence-corrected chi connectivity index (χ2v) is 14.0. The van der Waals surface area contributed by atoms with E-state index >= 15 is 0 Å². The molecule has 2 saturated heterocycles. The molecule has 0 unspecified atom stereocenters. The number of carbonyl (C=O) groups excluding carboxylic acids is 1. The maximum absolute atomic E-state index is 12.6. The maximum Gasteiger partial charge on any atom is 0.251 e. The summed E-state index contributed by atoms with van der Waals surface area (Å²) in [4.78, 5) is 15.0. The van der Waals surface area contributed by atoms with Crippen LogP contribution in [0.2, 0.25) is 5.02 Å². The van der Waals surface area contributed by atoms with Crippen molar-refractivity contribution in [3.05, 3.63) is 166 Å². The molecule has 2 fully saturated rings. The highest BCUT2D eigenvalue weighted by Gasteiger charge is 2.37. The van der Waals surface area contributed by atoms with Crippen LogP contribution in [0.5, 0.6) is 0 Å². The summed E-state index contributed by atoms with van der Waals surface area (Å²) in [6.07, 6.45) is 1.05. The Kier molecular flexibility index (Phi) is 10.9. The van der Waals surface area contributed by atoms with Gasteiger partial charge < -0.3 is 29.9 Å². The summed E-state index contributed by atoms with van der Waals surface area (Å²) < 4.78 is 13.4. The average Bonchev–Trinajstić information content (AvgIpc) is 3.18. The van der Waals surface area contributed by atoms with Gasteiger partial charge in [0.25, 0.3) is 5.91 Å². The molecule has 262 valence electrons. The lowest BCUT2D eigenvalue weighted by atomic mass is 9.84. The van der Waals surface area contributed by atoms with Gasteiger partial charge in [0, 0.05) is 48.7 Å². The number of rotatable bonds is 10. The zero-order valence-electron chi connectivity index (χ0n) is 28.5. The minimum atomic E-state index is -0.873. The monoisotopic (exact) mass is 702 g/mol. The fourth-order valence-electron chi connectivity index (χ4n) is 7.07. The molecule has 0 radical (unpaired) electrons. The Labute approximate surface area is 304 Å². The number of likely N-dealkylation sites (tertiary alicyclic amines) is 1. The minimum absolute atomic E-state index is 0.00904. The van der Waals surface area contributed by atoms with Gasteiger partial charge >= 0.3 is 0 Å². The lowest BCUT2D eigenvalue weighted by Crippen LogP contribution is -2.46. The van der Waals surface area contributed by atoms with E-state index in [0.717, 1.165) is 58.6 Å². The molecular weight excluding hydrogens is 660 g/mol. The Morgan fingerprint density at radius 2 is 1.49 bits per heavy atom. The number of aliphatic hydroxyl groups is 2. The van der Waals surface area contributed by atoms with Crippen molar-refractivity contribution in [2.75, 3.05) is 19.6 Å². The summed E-state index contributed by atoms with van der Waals surface area (Å²) in [5, 5.41) is 24.8. The van der Waals surface area contributed by atoms with E-state index in [2.05, 4.69) is 34.5 Å². The first-order chi connectivity index (χ1) is 24.8. The highest BCUT2D eigenvalue weighted by atomic mass is 35.5. The predicted molar refractivity (Wildman–Crippen MR) is 199 cm³/mol. The topological polar surface area (TPSA) is 91.3 Å². The molecule has 0 aliphatic carbocycles. The Morgan fingerprint density at radius 3 is 2.22 bits per heavy atom.